The van der Waals surface area contributed by atoms with Crippen molar-refractivity contribution in [1.82, 2.24) is 0 Å². The fourth-order valence-electron chi connectivity index (χ4n) is 1.48. The average molecular weight is 294 g/mol. The minimum atomic E-state index is -0.695. The third kappa shape index (κ3) is 3.09. The largest absolute Gasteiger partial charge is 0.290 e. The molecule has 0 amide bonds. The first-order valence-corrected chi connectivity index (χ1v) is 6.15. The van der Waals surface area contributed by atoms with Crippen LogP contribution < -0.4 is 0 Å². The van der Waals surface area contributed by atoms with Crippen molar-refractivity contribution >= 4 is 23.1 Å². The van der Waals surface area contributed by atoms with Gasteiger partial charge in [-0.3, -0.25) is 20.2 Å². The van der Waals surface area contributed by atoms with Crippen molar-refractivity contribution in [2.45, 2.75) is 9.79 Å². The summed E-state index contributed by atoms with van der Waals surface area (Å²) in [6.07, 6.45) is 0. The van der Waals surface area contributed by atoms with E-state index in [1.54, 1.807) is 0 Å². The highest BCUT2D eigenvalue weighted by molar-refractivity contribution is 7.99. The van der Waals surface area contributed by atoms with Gasteiger partial charge in [-0.25, -0.2) is 4.39 Å². The Hall–Kier alpha value is -2.48. The molecule has 2 rings (SSSR count). The van der Waals surface area contributed by atoms with Crippen LogP contribution in [0.4, 0.5) is 15.8 Å². The van der Waals surface area contributed by atoms with Gasteiger partial charge in [0.15, 0.2) is 0 Å². The van der Waals surface area contributed by atoms with Crippen LogP contribution in [-0.2, 0) is 0 Å². The molecule has 0 atom stereocenters. The van der Waals surface area contributed by atoms with Gasteiger partial charge in [0.1, 0.15) is 5.82 Å². The predicted octanol–water partition coefficient (Wildman–Crippen LogP) is 3.79. The number of non-ortho nitro benzene ring substituents is 1. The van der Waals surface area contributed by atoms with Crippen LogP contribution in [0, 0.1) is 26.0 Å². The number of benzene rings is 2. The van der Waals surface area contributed by atoms with Crippen LogP contribution in [0.25, 0.3) is 0 Å². The normalized spacial score (nSPS) is 10.2. The fraction of sp³-hybridized carbons (Fsp3) is 0. The summed E-state index contributed by atoms with van der Waals surface area (Å²) in [5.41, 5.74) is -0.700. The van der Waals surface area contributed by atoms with Gasteiger partial charge >= 0.3 is 0 Å². The van der Waals surface area contributed by atoms with E-state index in [1.807, 2.05) is 0 Å². The van der Waals surface area contributed by atoms with Gasteiger partial charge in [-0.05, 0) is 30.3 Å². The smallest absolute Gasteiger partial charge is 0.258 e. The maximum Gasteiger partial charge on any atom is 0.290 e. The average Bonchev–Trinajstić information content (AvgIpc) is 2.41. The van der Waals surface area contributed by atoms with E-state index in [2.05, 4.69) is 0 Å². The lowest BCUT2D eigenvalue weighted by Gasteiger charge is -2.03. The SMILES string of the molecule is O=[N+]([O-])c1ccc(Sc2ccc(F)cc2)c([N+](=O)[O-])c1. The predicted molar refractivity (Wildman–Crippen MR) is 70.3 cm³/mol. The highest BCUT2D eigenvalue weighted by Crippen LogP contribution is 2.36. The van der Waals surface area contributed by atoms with Crippen molar-refractivity contribution in [3.05, 3.63) is 68.5 Å². The maximum absolute atomic E-state index is 12.8. The van der Waals surface area contributed by atoms with Gasteiger partial charge in [-0.15, -0.1) is 0 Å². The zero-order chi connectivity index (χ0) is 14.7. The van der Waals surface area contributed by atoms with E-state index in [-0.39, 0.29) is 16.3 Å². The standard InChI is InChI=1S/C12H7FN2O4S/c13-8-1-4-10(5-2-8)20-12-6-3-9(14(16)17)7-11(12)15(18)19/h1-7H. The molecule has 0 unspecified atom stereocenters. The molecule has 0 spiro atoms. The van der Waals surface area contributed by atoms with Gasteiger partial charge in [0.25, 0.3) is 11.4 Å². The van der Waals surface area contributed by atoms with Crippen LogP contribution in [0.3, 0.4) is 0 Å². The van der Waals surface area contributed by atoms with E-state index in [4.69, 9.17) is 0 Å². The Morgan fingerprint density at radius 3 is 2.15 bits per heavy atom. The van der Waals surface area contributed by atoms with Gasteiger partial charge < -0.3 is 0 Å². The second-order valence-electron chi connectivity index (χ2n) is 3.72. The summed E-state index contributed by atoms with van der Waals surface area (Å²) >= 11 is 1.04. The molecular weight excluding hydrogens is 287 g/mol. The van der Waals surface area contributed by atoms with Crippen LogP contribution in [0.2, 0.25) is 0 Å². The lowest BCUT2D eigenvalue weighted by atomic mass is 10.3. The van der Waals surface area contributed by atoms with Crippen molar-refractivity contribution in [3.8, 4) is 0 Å². The number of nitrogens with zero attached hydrogens (tertiary/aromatic N) is 2. The Kier molecular flexibility index (Phi) is 3.94. The summed E-state index contributed by atoms with van der Waals surface area (Å²) in [6.45, 7) is 0. The Bertz CT molecular complexity index is 676. The molecule has 102 valence electrons. The first-order chi connectivity index (χ1) is 9.47. The highest BCUT2D eigenvalue weighted by Gasteiger charge is 2.20. The number of nitro benzene ring substituents is 2. The monoisotopic (exact) mass is 294 g/mol. The number of nitro groups is 2. The zero-order valence-electron chi connectivity index (χ0n) is 9.86. The van der Waals surface area contributed by atoms with Crippen molar-refractivity contribution in [2.75, 3.05) is 0 Å². The summed E-state index contributed by atoms with van der Waals surface area (Å²) in [4.78, 5) is 21.0. The summed E-state index contributed by atoms with van der Waals surface area (Å²) in [5.74, 6) is -0.410. The van der Waals surface area contributed by atoms with E-state index in [0.29, 0.717) is 4.90 Å². The first-order valence-electron chi connectivity index (χ1n) is 5.33. The van der Waals surface area contributed by atoms with Crippen molar-refractivity contribution < 1.29 is 14.2 Å². The molecule has 0 aliphatic rings. The second-order valence-corrected chi connectivity index (χ2v) is 4.84. The van der Waals surface area contributed by atoms with Crippen molar-refractivity contribution in [1.29, 1.82) is 0 Å². The Labute approximate surface area is 116 Å². The Morgan fingerprint density at radius 2 is 1.60 bits per heavy atom. The molecule has 0 fully saturated rings. The van der Waals surface area contributed by atoms with E-state index >= 15 is 0 Å². The molecule has 0 heterocycles. The minimum absolute atomic E-state index is 0.257. The lowest BCUT2D eigenvalue weighted by Crippen LogP contribution is -1.94. The molecule has 0 aliphatic carbocycles. The second kappa shape index (κ2) is 5.66. The van der Waals surface area contributed by atoms with Crippen molar-refractivity contribution in [3.63, 3.8) is 0 Å². The number of halogens is 1. The molecule has 2 aromatic rings. The molecule has 0 aromatic heterocycles. The third-order valence-electron chi connectivity index (χ3n) is 2.39. The van der Waals surface area contributed by atoms with E-state index in [0.717, 1.165) is 17.8 Å². The van der Waals surface area contributed by atoms with Gasteiger partial charge in [-0.2, -0.15) is 0 Å². The van der Waals surface area contributed by atoms with Crippen molar-refractivity contribution in [2.24, 2.45) is 0 Å². The third-order valence-corrected chi connectivity index (χ3v) is 3.46. The summed E-state index contributed by atoms with van der Waals surface area (Å²) in [6, 6.07) is 8.84. The highest BCUT2D eigenvalue weighted by atomic mass is 32.2. The van der Waals surface area contributed by atoms with E-state index < -0.39 is 15.7 Å². The van der Waals surface area contributed by atoms with Crippen LogP contribution in [0.15, 0.2) is 52.3 Å². The van der Waals surface area contributed by atoms with Gasteiger partial charge in [-0.1, -0.05) is 11.8 Å². The van der Waals surface area contributed by atoms with Gasteiger partial charge in [0, 0.05) is 11.0 Å². The van der Waals surface area contributed by atoms with Crippen LogP contribution in [0.5, 0.6) is 0 Å². The summed E-state index contributed by atoms with van der Waals surface area (Å²) in [7, 11) is 0. The van der Waals surface area contributed by atoms with Crippen LogP contribution >= 0.6 is 11.8 Å². The topological polar surface area (TPSA) is 86.3 Å². The molecule has 0 aliphatic heterocycles. The fourth-order valence-corrected chi connectivity index (χ4v) is 2.38. The van der Waals surface area contributed by atoms with E-state index in [9.17, 15) is 24.6 Å². The molecule has 0 saturated carbocycles. The maximum atomic E-state index is 12.8. The minimum Gasteiger partial charge on any atom is -0.258 e. The molecule has 0 N–H and O–H groups in total. The molecule has 6 nitrogen and oxygen atoms in total. The van der Waals surface area contributed by atoms with E-state index in [1.165, 1.54) is 36.4 Å². The number of hydrogen-bond acceptors (Lipinski definition) is 5. The molecule has 20 heavy (non-hydrogen) atoms. The quantitative estimate of drug-likeness (QED) is 0.632. The molecule has 2 aromatic carbocycles. The van der Waals surface area contributed by atoms with Gasteiger partial charge in [0.05, 0.1) is 20.8 Å². The Morgan fingerprint density at radius 1 is 0.950 bits per heavy atom. The van der Waals surface area contributed by atoms with Crippen LogP contribution in [0.1, 0.15) is 0 Å². The molecular formula is C12H7FN2O4S. The summed E-state index contributed by atoms with van der Waals surface area (Å²) in [5, 5.41) is 21.6. The van der Waals surface area contributed by atoms with Crippen LogP contribution in [-0.4, -0.2) is 9.85 Å². The molecule has 0 bridgehead atoms. The van der Waals surface area contributed by atoms with Gasteiger partial charge in [0.2, 0.25) is 0 Å². The lowest BCUT2D eigenvalue weighted by molar-refractivity contribution is -0.396. The summed E-state index contributed by atoms with van der Waals surface area (Å²) < 4.78 is 12.8. The first kappa shape index (κ1) is 13.9. The number of rotatable bonds is 4. The zero-order valence-corrected chi connectivity index (χ0v) is 10.7. The Balaban J connectivity index is 2.38. The molecule has 0 radical (unpaired) electrons. The molecule has 8 heteroatoms. The number of hydrogen-bond donors (Lipinski definition) is 0. The molecule has 0 saturated heterocycles.